The first-order valence-electron chi connectivity index (χ1n) is 6.79. The number of benzene rings is 2. The summed E-state index contributed by atoms with van der Waals surface area (Å²) >= 11 is 0. The topological polar surface area (TPSA) is 71.9 Å². The summed E-state index contributed by atoms with van der Waals surface area (Å²) in [5, 5.41) is 2.77. The van der Waals surface area contributed by atoms with Crippen LogP contribution in [0.3, 0.4) is 0 Å². The third-order valence-corrected chi connectivity index (χ3v) is 5.34. The Bertz CT molecular complexity index is 1000. The van der Waals surface area contributed by atoms with Crippen molar-refractivity contribution < 1.29 is 12.8 Å². The number of halogens is 1. The summed E-state index contributed by atoms with van der Waals surface area (Å²) in [5.41, 5.74) is 0.0855. The van der Waals surface area contributed by atoms with Crippen molar-refractivity contribution in [3.8, 4) is 5.69 Å². The molecule has 0 aliphatic rings. The summed E-state index contributed by atoms with van der Waals surface area (Å²) in [4.78, 5) is 12.1. The number of nitrogens with one attached hydrogen (secondary N) is 1. The van der Waals surface area contributed by atoms with E-state index in [1.54, 1.807) is 30.3 Å². The Morgan fingerprint density at radius 2 is 1.61 bits per heavy atom. The van der Waals surface area contributed by atoms with E-state index in [4.69, 9.17) is 0 Å². The molecule has 0 saturated carbocycles. The number of nitrogens with zero attached hydrogens (tertiary/aromatic N) is 1. The van der Waals surface area contributed by atoms with Crippen LogP contribution in [0.25, 0.3) is 5.69 Å². The molecule has 1 aromatic heterocycles. The van der Waals surface area contributed by atoms with Crippen LogP contribution >= 0.6 is 0 Å². The Balaban J connectivity index is 2.20. The van der Waals surface area contributed by atoms with Crippen molar-refractivity contribution in [1.29, 1.82) is 0 Å². The van der Waals surface area contributed by atoms with Gasteiger partial charge in [0, 0.05) is 0 Å². The molecule has 118 valence electrons. The minimum absolute atomic E-state index is 0.127. The summed E-state index contributed by atoms with van der Waals surface area (Å²) in [7, 11) is -4.04. The standard InChI is InChI=1S/C16H13FN2O3S/c1-11-15(23(21,22)14-9-7-12(17)8-10-14)16(20)19(18-11)13-5-3-2-4-6-13/h2-10,18H,1H3. The van der Waals surface area contributed by atoms with Gasteiger partial charge in [-0.1, -0.05) is 18.2 Å². The van der Waals surface area contributed by atoms with Gasteiger partial charge in [0.1, 0.15) is 5.82 Å². The van der Waals surface area contributed by atoms with Gasteiger partial charge in [-0.15, -0.1) is 0 Å². The fourth-order valence-electron chi connectivity index (χ4n) is 2.34. The van der Waals surface area contributed by atoms with Gasteiger partial charge in [0.05, 0.1) is 16.3 Å². The Hall–Kier alpha value is -2.67. The highest BCUT2D eigenvalue weighted by atomic mass is 32.2. The number of aromatic amines is 1. The van der Waals surface area contributed by atoms with E-state index in [2.05, 4.69) is 5.10 Å². The molecule has 3 aromatic rings. The molecule has 0 aliphatic heterocycles. The Morgan fingerprint density at radius 1 is 1.00 bits per heavy atom. The number of aromatic nitrogens is 2. The molecule has 0 spiro atoms. The van der Waals surface area contributed by atoms with Crippen LogP contribution in [0.15, 0.2) is 69.2 Å². The number of hydrogen-bond acceptors (Lipinski definition) is 3. The maximum Gasteiger partial charge on any atom is 0.290 e. The Labute approximate surface area is 131 Å². The van der Waals surface area contributed by atoms with Gasteiger partial charge in [0.15, 0.2) is 4.90 Å². The minimum Gasteiger partial charge on any atom is -0.294 e. The van der Waals surface area contributed by atoms with Crippen molar-refractivity contribution in [2.45, 2.75) is 16.7 Å². The highest BCUT2D eigenvalue weighted by molar-refractivity contribution is 7.91. The molecule has 3 rings (SSSR count). The fourth-order valence-corrected chi connectivity index (χ4v) is 3.84. The zero-order valence-corrected chi connectivity index (χ0v) is 13.0. The van der Waals surface area contributed by atoms with E-state index in [9.17, 15) is 17.6 Å². The molecule has 5 nitrogen and oxygen atoms in total. The van der Waals surface area contributed by atoms with E-state index in [1.165, 1.54) is 11.6 Å². The van der Waals surface area contributed by atoms with Crippen molar-refractivity contribution in [2.24, 2.45) is 0 Å². The van der Waals surface area contributed by atoms with Crippen LogP contribution in [0, 0.1) is 12.7 Å². The first-order valence-corrected chi connectivity index (χ1v) is 8.27. The molecule has 2 aromatic carbocycles. The predicted molar refractivity (Wildman–Crippen MR) is 83.0 cm³/mol. The molecule has 0 aliphatic carbocycles. The maximum atomic E-state index is 13.0. The molecule has 0 amide bonds. The molecule has 7 heteroatoms. The third-order valence-electron chi connectivity index (χ3n) is 3.42. The summed E-state index contributed by atoms with van der Waals surface area (Å²) in [6.45, 7) is 1.51. The molecule has 23 heavy (non-hydrogen) atoms. The molecule has 0 unspecified atom stereocenters. The first kappa shape index (κ1) is 15.2. The summed E-state index contributed by atoms with van der Waals surface area (Å²) < 4.78 is 39.5. The van der Waals surface area contributed by atoms with E-state index < -0.39 is 21.2 Å². The molecule has 0 atom stereocenters. The number of rotatable bonds is 3. The van der Waals surface area contributed by atoms with Gasteiger partial charge in [-0.25, -0.2) is 17.5 Å². The van der Waals surface area contributed by atoms with Gasteiger partial charge in [0.25, 0.3) is 5.56 Å². The molecule has 0 radical (unpaired) electrons. The largest absolute Gasteiger partial charge is 0.294 e. The molecule has 1 heterocycles. The van der Waals surface area contributed by atoms with Crippen LogP contribution in [-0.4, -0.2) is 18.2 Å². The lowest BCUT2D eigenvalue weighted by molar-refractivity contribution is 0.593. The van der Waals surface area contributed by atoms with Crippen molar-refractivity contribution >= 4 is 9.84 Å². The Morgan fingerprint density at radius 3 is 2.22 bits per heavy atom. The average molecular weight is 332 g/mol. The van der Waals surface area contributed by atoms with Crippen LogP contribution in [0.2, 0.25) is 0 Å². The Kier molecular flexibility index (Phi) is 3.65. The number of para-hydroxylation sites is 1. The number of hydrogen-bond donors (Lipinski definition) is 1. The van der Waals surface area contributed by atoms with E-state index in [1.807, 2.05) is 0 Å². The monoisotopic (exact) mass is 332 g/mol. The predicted octanol–water partition coefficient (Wildman–Crippen LogP) is 2.45. The summed E-state index contributed by atoms with van der Waals surface area (Å²) in [5.74, 6) is -0.545. The van der Waals surface area contributed by atoms with Gasteiger partial charge >= 0.3 is 0 Å². The second-order valence-electron chi connectivity index (χ2n) is 5.00. The van der Waals surface area contributed by atoms with Crippen molar-refractivity contribution in [3.63, 3.8) is 0 Å². The van der Waals surface area contributed by atoms with Gasteiger partial charge < -0.3 is 0 Å². The van der Waals surface area contributed by atoms with Crippen molar-refractivity contribution in [3.05, 3.63) is 76.5 Å². The van der Waals surface area contributed by atoms with E-state index in [-0.39, 0.29) is 15.5 Å². The van der Waals surface area contributed by atoms with E-state index >= 15 is 0 Å². The molecule has 1 N–H and O–H groups in total. The highest BCUT2D eigenvalue weighted by Gasteiger charge is 2.27. The molecular formula is C16H13FN2O3S. The summed E-state index contributed by atoms with van der Waals surface area (Å²) in [6, 6.07) is 13.0. The number of aryl methyl sites for hydroxylation is 1. The van der Waals surface area contributed by atoms with Crippen molar-refractivity contribution in [1.82, 2.24) is 9.78 Å². The third kappa shape index (κ3) is 2.59. The second kappa shape index (κ2) is 5.51. The zero-order valence-electron chi connectivity index (χ0n) is 12.2. The first-order chi connectivity index (χ1) is 10.9. The normalized spacial score (nSPS) is 11.6. The lowest BCUT2D eigenvalue weighted by atomic mass is 10.3. The number of sulfone groups is 1. The van der Waals surface area contributed by atoms with Crippen LogP contribution in [0.1, 0.15) is 5.69 Å². The fraction of sp³-hybridized carbons (Fsp3) is 0.0625. The second-order valence-corrected chi connectivity index (χ2v) is 6.89. The smallest absolute Gasteiger partial charge is 0.290 e. The molecular weight excluding hydrogens is 319 g/mol. The van der Waals surface area contributed by atoms with Gasteiger partial charge in [-0.3, -0.25) is 9.89 Å². The van der Waals surface area contributed by atoms with Gasteiger partial charge in [-0.2, -0.15) is 0 Å². The molecule has 0 fully saturated rings. The SMILES string of the molecule is Cc1[nH]n(-c2ccccc2)c(=O)c1S(=O)(=O)c1ccc(F)cc1. The number of H-pyrrole nitrogens is 1. The summed E-state index contributed by atoms with van der Waals surface area (Å²) in [6.07, 6.45) is 0. The van der Waals surface area contributed by atoms with Gasteiger partial charge in [0.2, 0.25) is 9.84 Å². The lowest BCUT2D eigenvalue weighted by Gasteiger charge is -2.02. The molecule has 0 saturated heterocycles. The highest BCUT2D eigenvalue weighted by Crippen LogP contribution is 2.21. The lowest BCUT2D eigenvalue weighted by Crippen LogP contribution is -2.20. The average Bonchev–Trinajstić information content (AvgIpc) is 2.84. The van der Waals surface area contributed by atoms with E-state index in [0.717, 1.165) is 24.3 Å². The van der Waals surface area contributed by atoms with Crippen molar-refractivity contribution in [2.75, 3.05) is 0 Å². The minimum atomic E-state index is -4.04. The van der Waals surface area contributed by atoms with Crippen LogP contribution in [-0.2, 0) is 9.84 Å². The van der Waals surface area contributed by atoms with Crippen LogP contribution in [0.5, 0.6) is 0 Å². The quantitative estimate of drug-likeness (QED) is 0.749. The van der Waals surface area contributed by atoms with Crippen LogP contribution in [0.4, 0.5) is 4.39 Å². The van der Waals surface area contributed by atoms with Crippen LogP contribution < -0.4 is 5.56 Å². The molecule has 0 bridgehead atoms. The van der Waals surface area contributed by atoms with E-state index in [0.29, 0.717) is 5.69 Å². The maximum absolute atomic E-state index is 13.0. The van der Waals surface area contributed by atoms with Gasteiger partial charge in [-0.05, 0) is 43.3 Å². The zero-order chi connectivity index (χ0) is 16.6.